The average Bonchev–Trinajstić information content (AvgIpc) is 2.79. The molecule has 1 aromatic rings. The van der Waals surface area contributed by atoms with Gasteiger partial charge in [-0.3, -0.25) is 9.59 Å². The minimum atomic E-state index is -0.212. The fourth-order valence-electron chi connectivity index (χ4n) is 4.65. The number of piperidine rings is 2. The summed E-state index contributed by atoms with van der Waals surface area (Å²) < 4.78 is 5.15. The molecule has 3 aliphatic rings. The van der Waals surface area contributed by atoms with Gasteiger partial charge in [-0.1, -0.05) is 18.2 Å². The summed E-state index contributed by atoms with van der Waals surface area (Å²) in [7, 11) is 0. The number of likely N-dealkylation sites (tertiary alicyclic amines) is 2. The van der Waals surface area contributed by atoms with Gasteiger partial charge in [-0.2, -0.15) is 0 Å². The van der Waals surface area contributed by atoms with E-state index in [1.54, 1.807) is 0 Å². The number of ether oxygens (including phenoxy) is 1. The highest BCUT2D eigenvalue weighted by atomic mass is 16.6. The highest BCUT2D eigenvalue weighted by Gasteiger charge is 2.35. The molecule has 0 bridgehead atoms. The lowest BCUT2D eigenvalue weighted by Gasteiger charge is -2.41. The van der Waals surface area contributed by atoms with Gasteiger partial charge in [-0.15, -0.1) is 0 Å². The van der Waals surface area contributed by atoms with Crippen LogP contribution in [0.5, 0.6) is 0 Å². The predicted molar refractivity (Wildman–Crippen MR) is 107 cm³/mol. The molecule has 0 radical (unpaired) electrons. The number of rotatable bonds is 3. The van der Waals surface area contributed by atoms with Crippen LogP contribution in [0, 0.1) is 5.92 Å². The topological polar surface area (TPSA) is 70.2 Å². The van der Waals surface area contributed by atoms with Crippen LogP contribution < -0.4 is 0 Å². The number of amides is 3. The Hall–Kier alpha value is -2.57. The molecule has 3 heterocycles. The van der Waals surface area contributed by atoms with Crippen molar-refractivity contribution in [1.29, 1.82) is 0 Å². The predicted octanol–water partition coefficient (Wildman–Crippen LogP) is 2.37. The third-order valence-electron chi connectivity index (χ3n) is 6.37. The molecule has 0 aromatic heterocycles. The molecule has 1 aromatic carbocycles. The molecule has 7 nitrogen and oxygen atoms in total. The lowest BCUT2D eigenvalue weighted by atomic mass is 9.93. The van der Waals surface area contributed by atoms with E-state index in [2.05, 4.69) is 0 Å². The van der Waals surface area contributed by atoms with E-state index in [-0.39, 0.29) is 29.9 Å². The van der Waals surface area contributed by atoms with Crippen molar-refractivity contribution in [3.63, 3.8) is 0 Å². The van der Waals surface area contributed by atoms with Crippen molar-refractivity contribution in [2.24, 2.45) is 5.92 Å². The van der Waals surface area contributed by atoms with Crippen LogP contribution in [0.25, 0.3) is 0 Å². The molecule has 0 saturated carbocycles. The van der Waals surface area contributed by atoms with Gasteiger partial charge in [0.15, 0.2) is 0 Å². The van der Waals surface area contributed by atoms with Gasteiger partial charge < -0.3 is 19.4 Å². The minimum absolute atomic E-state index is 0.00803. The SMILES string of the molecule is O=C(c1ccccc1)N1CCC(C(=O)N2CCC(N3CCCOC3=O)CC2)CC1. The summed E-state index contributed by atoms with van der Waals surface area (Å²) in [4.78, 5) is 43.1. The van der Waals surface area contributed by atoms with E-state index in [9.17, 15) is 14.4 Å². The molecule has 3 saturated heterocycles. The number of hydrogen-bond acceptors (Lipinski definition) is 4. The maximum absolute atomic E-state index is 13.0. The molecule has 0 N–H and O–H groups in total. The molecule has 0 aliphatic carbocycles. The summed E-state index contributed by atoms with van der Waals surface area (Å²) in [5.41, 5.74) is 0.704. The first-order chi connectivity index (χ1) is 14.1. The zero-order chi connectivity index (χ0) is 20.2. The van der Waals surface area contributed by atoms with Crippen molar-refractivity contribution in [2.45, 2.75) is 38.1 Å². The first-order valence-electron chi connectivity index (χ1n) is 10.7. The van der Waals surface area contributed by atoms with Crippen molar-refractivity contribution in [3.05, 3.63) is 35.9 Å². The van der Waals surface area contributed by atoms with Gasteiger partial charge in [0.2, 0.25) is 5.91 Å². The van der Waals surface area contributed by atoms with E-state index in [1.807, 2.05) is 45.0 Å². The zero-order valence-electron chi connectivity index (χ0n) is 16.8. The van der Waals surface area contributed by atoms with Crippen molar-refractivity contribution in [1.82, 2.24) is 14.7 Å². The maximum Gasteiger partial charge on any atom is 0.410 e. The quantitative estimate of drug-likeness (QED) is 0.783. The van der Waals surface area contributed by atoms with E-state index in [1.165, 1.54) is 0 Å². The van der Waals surface area contributed by atoms with Crippen molar-refractivity contribution >= 4 is 17.9 Å². The van der Waals surface area contributed by atoms with Crippen molar-refractivity contribution in [3.8, 4) is 0 Å². The monoisotopic (exact) mass is 399 g/mol. The maximum atomic E-state index is 13.0. The highest BCUT2D eigenvalue weighted by molar-refractivity contribution is 5.94. The Kier molecular flexibility index (Phi) is 6.02. The van der Waals surface area contributed by atoms with Gasteiger partial charge in [-0.05, 0) is 44.2 Å². The minimum Gasteiger partial charge on any atom is -0.449 e. The molecule has 0 atom stereocenters. The number of nitrogens with zero attached hydrogens (tertiary/aromatic N) is 3. The van der Waals surface area contributed by atoms with E-state index in [0.29, 0.717) is 38.3 Å². The van der Waals surface area contributed by atoms with E-state index >= 15 is 0 Å². The standard InChI is InChI=1S/C22H29N3O4/c26-20(17-5-2-1-3-6-17)23-12-7-18(8-13-23)21(27)24-14-9-19(10-15-24)25-11-4-16-29-22(25)28/h1-3,5-6,18-19H,4,7-16H2. The molecular formula is C22H29N3O4. The largest absolute Gasteiger partial charge is 0.449 e. The van der Waals surface area contributed by atoms with Gasteiger partial charge in [0.05, 0.1) is 6.61 Å². The van der Waals surface area contributed by atoms with Gasteiger partial charge in [0.1, 0.15) is 0 Å². The third kappa shape index (κ3) is 4.38. The second-order valence-corrected chi connectivity index (χ2v) is 8.15. The molecule has 0 unspecified atom stereocenters. The van der Waals surface area contributed by atoms with E-state index in [0.717, 1.165) is 38.6 Å². The summed E-state index contributed by atoms with van der Waals surface area (Å²) in [5.74, 6) is 0.244. The Bertz CT molecular complexity index is 738. The van der Waals surface area contributed by atoms with Crippen LogP contribution in [0.1, 0.15) is 42.5 Å². The average molecular weight is 399 g/mol. The Morgan fingerprint density at radius 2 is 1.52 bits per heavy atom. The van der Waals surface area contributed by atoms with Crippen LogP contribution in [-0.4, -0.2) is 78.0 Å². The molecule has 29 heavy (non-hydrogen) atoms. The molecular weight excluding hydrogens is 370 g/mol. The summed E-state index contributed by atoms with van der Waals surface area (Å²) in [5, 5.41) is 0. The van der Waals surface area contributed by atoms with Crippen LogP contribution in [0.2, 0.25) is 0 Å². The number of cyclic esters (lactones) is 1. The van der Waals surface area contributed by atoms with Crippen LogP contribution in [0.15, 0.2) is 30.3 Å². The Morgan fingerprint density at radius 3 is 2.17 bits per heavy atom. The smallest absolute Gasteiger partial charge is 0.410 e. The fraction of sp³-hybridized carbons (Fsp3) is 0.591. The number of hydrogen-bond donors (Lipinski definition) is 0. The van der Waals surface area contributed by atoms with Gasteiger partial charge in [-0.25, -0.2) is 4.79 Å². The van der Waals surface area contributed by atoms with Gasteiger partial charge in [0, 0.05) is 50.2 Å². The number of benzene rings is 1. The first kappa shape index (κ1) is 19.7. The fourth-order valence-corrected chi connectivity index (χ4v) is 4.65. The molecule has 7 heteroatoms. The lowest BCUT2D eigenvalue weighted by molar-refractivity contribution is -0.138. The lowest BCUT2D eigenvalue weighted by Crippen LogP contribution is -2.52. The molecule has 3 fully saturated rings. The van der Waals surface area contributed by atoms with Crippen molar-refractivity contribution < 1.29 is 19.1 Å². The Balaban J connectivity index is 1.25. The Labute approximate surface area is 171 Å². The summed E-state index contributed by atoms with van der Waals surface area (Å²) in [6.07, 6.45) is 3.73. The Morgan fingerprint density at radius 1 is 0.862 bits per heavy atom. The van der Waals surface area contributed by atoms with Crippen LogP contribution in [0.3, 0.4) is 0 Å². The van der Waals surface area contributed by atoms with E-state index in [4.69, 9.17) is 4.74 Å². The van der Waals surface area contributed by atoms with E-state index < -0.39 is 0 Å². The second-order valence-electron chi connectivity index (χ2n) is 8.15. The molecule has 0 spiro atoms. The summed E-state index contributed by atoms with van der Waals surface area (Å²) in [6.45, 7) is 3.90. The van der Waals surface area contributed by atoms with Gasteiger partial charge in [0.25, 0.3) is 5.91 Å². The highest BCUT2D eigenvalue weighted by Crippen LogP contribution is 2.25. The van der Waals surface area contributed by atoms with Crippen LogP contribution >= 0.6 is 0 Å². The number of carbonyl (C=O) groups excluding carboxylic acids is 3. The number of carbonyl (C=O) groups is 3. The molecule has 3 amide bonds. The zero-order valence-corrected chi connectivity index (χ0v) is 16.8. The molecule has 4 rings (SSSR count). The van der Waals surface area contributed by atoms with Crippen LogP contribution in [-0.2, 0) is 9.53 Å². The molecule has 3 aliphatic heterocycles. The molecule has 156 valence electrons. The van der Waals surface area contributed by atoms with Crippen molar-refractivity contribution in [2.75, 3.05) is 39.3 Å². The van der Waals surface area contributed by atoms with Crippen LogP contribution in [0.4, 0.5) is 4.79 Å². The second kappa shape index (κ2) is 8.84. The summed E-state index contributed by atoms with van der Waals surface area (Å²) in [6, 6.07) is 9.49. The first-order valence-corrected chi connectivity index (χ1v) is 10.7. The summed E-state index contributed by atoms with van der Waals surface area (Å²) >= 11 is 0. The normalized spacial score (nSPS) is 21.8. The third-order valence-corrected chi connectivity index (χ3v) is 6.37. The van der Waals surface area contributed by atoms with Gasteiger partial charge >= 0.3 is 6.09 Å².